The Morgan fingerprint density at radius 3 is 1.62 bits per heavy atom. The quantitative estimate of drug-likeness (QED) is 0.517. The lowest BCUT2D eigenvalue weighted by Gasteiger charge is -2.24. The van der Waals surface area contributed by atoms with Crippen LogP contribution in [0.1, 0.15) is 5.56 Å². The van der Waals surface area contributed by atoms with Gasteiger partial charge in [0.1, 0.15) is 0 Å². The third-order valence-electron chi connectivity index (χ3n) is 5.40. The van der Waals surface area contributed by atoms with E-state index in [0.29, 0.717) is 24.4 Å². The largest absolute Gasteiger partial charge is 0.372 e. The van der Waals surface area contributed by atoms with Crippen LogP contribution in [-0.2, 0) is 25.4 Å². The van der Waals surface area contributed by atoms with Crippen molar-refractivity contribution < 1.29 is 18.9 Å². The predicted molar refractivity (Wildman–Crippen MR) is 97.8 cm³/mol. The van der Waals surface area contributed by atoms with Crippen molar-refractivity contribution in [1.29, 1.82) is 0 Å². The lowest BCUT2D eigenvalue weighted by molar-refractivity contribution is 0.221. The zero-order valence-corrected chi connectivity index (χ0v) is 15.2. The summed E-state index contributed by atoms with van der Waals surface area (Å²) in [5.41, 5.74) is 2.66. The minimum atomic E-state index is 0.399. The lowest BCUT2D eigenvalue weighted by atomic mass is 10.1. The molecule has 6 heteroatoms. The molecule has 0 saturated carbocycles. The van der Waals surface area contributed by atoms with Crippen LogP contribution >= 0.6 is 0 Å². The van der Waals surface area contributed by atoms with E-state index in [1.807, 2.05) is 0 Å². The number of anilines is 1. The first-order chi connectivity index (χ1) is 12.8. The van der Waals surface area contributed by atoms with Crippen LogP contribution in [0.2, 0.25) is 0 Å². The lowest BCUT2D eigenvalue weighted by Crippen LogP contribution is -2.33. The smallest absolute Gasteiger partial charge is 0.0984 e. The Morgan fingerprint density at radius 2 is 1.15 bits per heavy atom. The Hall–Kier alpha value is -1.18. The molecule has 26 heavy (non-hydrogen) atoms. The molecule has 5 rings (SSSR count). The summed E-state index contributed by atoms with van der Waals surface area (Å²) < 4.78 is 21.6. The van der Waals surface area contributed by atoms with Gasteiger partial charge < -0.3 is 23.8 Å². The molecule has 4 atom stereocenters. The van der Waals surface area contributed by atoms with E-state index in [0.717, 1.165) is 65.6 Å². The van der Waals surface area contributed by atoms with E-state index < -0.39 is 0 Å². The molecule has 0 N–H and O–H groups in total. The van der Waals surface area contributed by atoms with Crippen LogP contribution in [0.25, 0.3) is 0 Å². The maximum Gasteiger partial charge on any atom is 0.0984 e. The molecule has 0 aromatic heterocycles. The first-order valence-corrected chi connectivity index (χ1v) is 9.84. The minimum absolute atomic E-state index is 0.399. The first kappa shape index (κ1) is 17.0. The monoisotopic (exact) mass is 360 g/mol. The summed E-state index contributed by atoms with van der Waals surface area (Å²) in [4.78, 5) is 4.89. The summed E-state index contributed by atoms with van der Waals surface area (Å²) in [5, 5.41) is 0. The van der Waals surface area contributed by atoms with Gasteiger partial charge in [0.2, 0.25) is 0 Å². The van der Waals surface area contributed by atoms with Gasteiger partial charge in [-0.05, 0) is 24.1 Å². The van der Waals surface area contributed by atoms with Crippen LogP contribution < -0.4 is 4.90 Å². The van der Waals surface area contributed by atoms with Gasteiger partial charge in [0, 0.05) is 38.4 Å². The average Bonchev–Trinajstić information content (AvgIpc) is 3.45. The summed E-state index contributed by atoms with van der Waals surface area (Å²) >= 11 is 0. The Balaban J connectivity index is 1.15. The Kier molecular flexibility index (Phi) is 4.85. The van der Waals surface area contributed by atoms with Crippen molar-refractivity contribution in [2.45, 2.75) is 30.8 Å². The van der Waals surface area contributed by atoms with Gasteiger partial charge >= 0.3 is 0 Å². The molecule has 0 aliphatic carbocycles. The van der Waals surface area contributed by atoms with Crippen molar-refractivity contribution in [3.63, 3.8) is 0 Å². The molecule has 0 bridgehead atoms. The molecule has 4 aliphatic heterocycles. The van der Waals surface area contributed by atoms with Gasteiger partial charge in [-0.15, -0.1) is 0 Å². The second-order valence-electron chi connectivity index (χ2n) is 7.90. The van der Waals surface area contributed by atoms with Crippen LogP contribution in [-0.4, -0.2) is 88.5 Å². The standard InChI is InChI=1S/C20H28N2O4/c1-3-16(22(9-19-13-25-19)10-20-14-26-20)4-2-15(1)5-6-21(7-17-11-23-17)8-18-12-24-18/h1-4,17-20H,5-14H2. The van der Waals surface area contributed by atoms with E-state index >= 15 is 0 Å². The highest BCUT2D eigenvalue weighted by atomic mass is 16.6. The zero-order chi connectivity index (χ0) is 17.3. The fourth-order valence-electron chi connectivity index (χ4n) is 3.46. The van der Waals surface area contributed by atoms with Gasteiger partial charge in [-0.2, -0.15) is 0 Å². The van der Waals surface area contributed by atoms with E-state index in [2.05, 4.69) is 34.1 Å². The summed E-state index contributed by atoms with van der Waals surface area (Å²) in [6.07, 6.45) is 2.75. The minimum Gasteiger partial charge on any atom is -0.372 e. The van der Waals surface area contributed by atoms with Gasteiger partial charge in [-0.25, -0.2) is 0 Å². The summed E-state index contributed by atoms with van der Waals surface area (Å²) in [6, 6.07) is 9.03. The predicted octanol–water partition coefficient (Wildman–Crippen LogP) is 0.933. The average molecular weight is 360 g/mol. The molecule has 0 spiro atoms. The second-order valence-corrected chi connectivity index (χ2v) is 7.90. The van der Waals surface area contributed by atoms with Crippen molar-refractivity contribution in [3.05, 3.63) is 29.8 Å². The van der Waals surface area contributed by atoms with Crippen molar-refractivity contribution in [2.24, 2.45) is 0 Å². The SMILES string of the molecule is c1cc(N(CC2CO2)CC2CO2)ccc1CCN(CC1CO1)CC1CO1. The van der Waals surface area contributed by atoms with Crippen molar-refractivity contribution >= 4 is 5.69 Å². The molecule has 4 heterocycles. The molecule has 6 nitrogen and oxygen atoms in total. The molecule has 1 aromatic rings. The molecule has 4 aliphatic rings. The van der Waals surface area contributed by atoms with E-state index in [1.54, 1.807) is 0 Å². The molecule has 142 valence electrons. The number of hydrogen-bond donors (Lipinski definition) is 0. The van der Waals surface area contributed by atoms with Gasteiger partial charge in [0.25, 0.3) is 0 Å². The van der Waals surface area contributed by atoms with Gasteiger partial charge in [0.05, 0.1) is 50.8 Å². The summed E-state index contributed by atoms with van der Waals surface area (Å²) in [6.45, 7) is 8.70. The van der Waals surface area contributed by atoms with Crippen LogP contribution in [0.4, 0.5) is 5.69 Å². The van der Waals surface area contributed by atoms with E-state index in [9.17, 15) is 0 Å². The molecule has 4 saturated heterocycles. The molecular formula is C20H28N2O4. The number of rotatable bonds is 12. The zero-order valence-electron chi connectivity index (χ0n) is 15.2. The third kappa shape index (κ3) is 5.18. The first-order valence-electron chi connectivity index (χ1n) is 9.84. The number of hydrogen-bond acceptors (Lipinski definition) is 6. The number of ether oxygens (including phenoxy) is 4. The highest BCUT2D eigenvalue weighted by molar-refractivity contribution is 5.48. The Labute approximate surface area is 154 Å². The normalized spacial score (nSPS) is 31.1. The highest BCUT2D eigenvalue weighted by Crippen LogP contribution is 2.23. The number of epoxide rings is 4. The molecule has 4 fully saturated rings. The Bertz CT molecular complexity index is 566. The van der Waals surface area contributed by atoms with Crippen molar-refractivity contribution in [2.75, 3.05) is 64.1 Å². The summed E-state index contributed by atoms with van der Waals surface area (Å²) in [5.74, 6) is 0. The Morgan fingerprint density at radius 1 is 0.692 bits per heavy atom. The van der Waals surface area contributed by atoms with Gasteiger partial charge in [0.15, 0.2) is 0 Å². The molecule has 4 unspecified atom stereocenters. The van der Waals surface area contributed by atoms with Crippen molar-refractivity contribution in [1.82, 2.24) is 4.90 Å². The van der Waals surface area contributed by atoms with E-state index in [4.69, 9.17) is 18.9 Å². The topological polar surface area (TPSA) is 56.6 Å². The second kappa shape index (κ2) is 7.44. The highest BCUT2D eigenvalue weighted by Gasteiger charge is 2.31. The van der Waals surface area contributed by atoms with Gasteiger partial charge in [-0.1, -0.05) is 12.1 Å². The fourth-order valence-corrected chi connectivity index (χ4v) is 3.46. The van der Waals surface area contributed by atoms with Crippen LogP contribution in [0.15, 0.2) is 24.3 Å². The van der Waals surface area contributed by atoms with Crippen molar-refractivity contribution in [3.8, 4) is 0 Å². The van der Waals surface area contributed by atoms with E-state index in [-0.39, 0.29) is 0 Å². The maximum absolute atomic E-state index is 5.42. The molecule has 0 amide bonds. The van der Waals surface area contributed by atoms with E-state index in [1.165, 1.54) is 11.3 Å². The third-order valence-corrected chi connectivity index (χ3v) is 5.40. The molecule has 1 aromatic carbocycles. The maximum atomic E-state index is 5.42. The number of benzene rings is 1. The van der Waals surface area contributed by atoms with Crippen LogP contribution in [0, 0.1) is 0 Å². The number of nitrogens with zero attached hydrogens (tertiary/aromatic N) is 2. The van der Waals surface area contributed by atoms with Gasteiger partial charge in [-0.3, -0.25) is 4.90 Å². The molecular weight excluding hydrogens is 332 g/mol. The fraction of sp³-hybridized carbons (Fsp3) is 0.700. The summed E-state index contributed by atoms with van der Waals surface area (Å²) in [7, 11) is 0. The molecule has 0 radical (unpaired) electrons. The van der Waals surface area contributed by atoms with Crippen LogP contribution in [0.5, 0.6) is 0 Å². The van der Waals surface area contributed by atoms with Crippen LogP contribution in [0.3, 0.4) is 0 Å².